The first-order valence-electron chi connectivity index (χ1n) is 12.2. The van der Waals surface area contributed by atoms with Gasteiger partial charge in [-0.1, -0.05) is 12.2 Å². The molecule has 1 unspecified atom stereocenters. The summed E-state index contributed by atoms with van der Waals surface area (Å²) in [5, 5.41) is 6.75. The third-order valence-electron chi connectivity index (χ3n) is 6.70. The lowest BCUT2D eigenvalue weighted by Gasteiger charge is -2.31. The van der Waals surface area contributed by atoms with Gasteiger partial charge >= 0.3 is 5.92 Å². The van der Waals surface area contributed by atoms with Crippen molar-refractivity contribution < 1.29 is 27.6 Å². The van der Waals surface area contributed by atoms with Gasteiger partial charge < -0.3 is 24.2 Å². The van der Waals surface area contributed by atoms with Crippen LogP contribution in [0.1, 0.15) is 58.3 Å². The fourth-order valence-electron chi connectivity index (χ4n) is 4.68. The first-order chi connectivity index (χ1) is 16.3. The molecule has 0 aromatic carbocycles. The second-order valence-electron chi connectivity index (χ2n) is 9.51. The molecule has 3 aliphatic rings. The van der Waals surface area contributed by atoms with Crippen molar-refractivity contribution in [3.8, 4) is 0 Å². The van der Waals surface area contributed by atoms with E-state index in [0.717, 1.165) is 63.3 Å². The number of alkyl halides is 2. The number of piperidine rings is 1. The Hall–Kier alpha value is -2.33. The standard InChI is InChI=1S/C24H34F2N4O4/c1-16-14-19(5-6-20(16)21(31)27-18-9-13-32-15-18)33-12-3-4-17-7-10-30(11-8-17)23-28-22(34-29-23)24(2,25)26/h6,14,17-19H,3-5,7-13,15H2,1-2H3,(H,27,31)/t18-,19?/m0/s1. The van der Waals surface area contributed by atoms with E-state index in [1.54, 1.807) is 0 Å². The number of aromatic nitrogens is 2. The van der Waals surface area contributed by atoms with Crippen molar-refractivity contribution in [2.24, 2.45) is 5.92 Å². The molecular formula is C24H34F2N4O4. The summed E-state index contributed by atoms with van der Waals surface area (Å²) in [6.45, 7) is 6.12. The smallest absolute Gasteiger partial charge is 0.322 e. The van der Waals surface area contributed by atoms with Crippen LogP contribution in [0.2, 0.25) is 0 Å². The van der Waals surface area contributed by atoms with Crippen molar-refractivity contribution in [3.05, 3.63) is 29.2 Å². The highest BCUT2D eigenvalue weighted by atomic mass is 19.3. The minimum atomic E-state index is -3.12. The molecule has 1 amide bonds. The molecule has 2 fully saturated rings. The molecule has 34 heavy (non-hydrogen) atoms. The molecule has 0 radical (unpaired) electrons. The van der Waals surface area contributed by atoms with E-state index in [9.17, 15) is 13.6 Å². The molecule has 1 aromatic rings. The van der Waals surface area contributed by atoms with Crippen molar-refractivity contribution in [1.29, 1.82) is 0 Å². The largest absolute Gasteiger partial charge is 0.379 e. The van der Waals surface area contributed by atoms with Crippen LogP contribution >= 0.6 is 0 Å². The summed E-state index contributed by atoms with van der Waals surface area (Å²) < 4.78 is 42.7. The van der Waals surface area contributed by atoms with Gasteiger partial charge in [-0.3, -0.25) is 4.79 Å². The zero-order valence-corrected chi connectivity index (χ0v) is 19.9. The average molecular weight is 481 g/mol. The van der Waals surface area contributed by atoms with Gasteiger partial charge in [-0.15, -0.1) is 0 Å². The quantitative estimate of drug-likeness (QED) is 0.539. The Morgan fingerprint density at radius 1 is 1.32 bits per heavy atom. The number of nitrogens with zero attached hydrogens (tertiary/aromatic N) is 3. The molecule has 1 aromatic heterocycles. The monoisotopic (exact) mass is 480 g/mol. The highest BCUT2D eigenvalue weighted by Gasteiger charge is 2.33. The van der Waals surface area contributed by atoms with Crippen LogP contribution in [0.4, 0.5) is 14.7 Å². The lowest BCUT2D eigenvalue weighted by atomic mass is 9.92. The molecule has 10 heteroatoms. The predicted molar refractivity (Wildman–Crippen MR) is 122 cm³/mol. The molecule has 4 rings (SSSR count). The Morgan fingerprint density at radius 2 is 2.12 bits per heavy atom. The Kier molecular flexibility index (Phi) is 7.98. The van der Waals surface area contributed by atoms with E-state index >= 15 is 0 Å². The van der Waals surface area contributed by atoms with E-state index in [4.69, 9.17) is 14.0 Å². The summed E-state index contributed by atoms with van der Waals surface area (Å²) in [5.74, 6) is -2.98. The SMILES string of the molecule is CC1=CC(OCCCC2CCN(c3noc(C(C)(F)F)n3)CC2)CC=C1C(=O)N[C@H]1CCOC1. The van der Waals surface area contributed by atoms with Crippen LogP contribution < -0.4 is 10.2 Å². The van der Waals surface area contributed by atoms with Crippen molar-refractivity contribution in [2.75, 3.05) is 37.8 Å². The van der Waals surface area contributed by atoms with Gasteiger partial charge in [0.25, 0.3) is 17.7 Å². The van der Waals surface area contributed by atoms with E-state index in [2.05, 4.69) is 15.5 Å². The van der Waals surface area contributed by atoms with E-state index < -0.39 is 11.8 Å². The van der Waals surface area contributed by atoms with Crippen LogP contribution in [0.25, 0.3) is 0 Å². The minimum absolute atomic E-state index is 0.00246. The number of ether oxygens (including phenoxy) is 2. The maximum Gasteiger partial charge on any atom is 0.322 e. The summed E-state index contributed by atoms with van der Waals surface area (Å²) in [5.41, 5.74) is 1.68. The Bertz CT molecular complexity index is 897. The van der Waals surface area contributed by atoms with Gasteiger partial charge in [0.15, 0.2) is 0 Å². The molecule has 1 aliphatic carbocycles. The Balaban J connectivity index is 1.12. The number of rotatable bonds is 9. The van der Waals surface area contributed by atoms with E-state index in [1.165, 1.54) is 0 Å². The van der Waals surface area contributed by atoms with Crippen molar-refractivity contribution in [3.63, 3.8) is 0 Å². The molecule has 8 nitrogen and oxygen atoms in total. The summed E-state index contributed by atoms with van der Waals surface area (Å²) in [7, 11) is 0. The number of nitrogens with one attached hydrogen (secondary N) is 1. The predicted octanol–water partition coefficient (Wildman–Crippen LogP) is 3.74. The molecule has 1 N–H and O–H groups in total. The Morgan fingerprint density at radius 3 is 2.76 bits per heavy atom. The van der Waals surface area contributed by atoms with Crippen molar-refractivity contribution >= 4 is 11.9 Å². The number of hydrogen-bond acceptors (Lipinski definition) is 7. The Labute approximate surface area is 198 Å². The number of carbonyl (C=O) groups excluding carboxylic acids is 1. The molecule has 3 heterocycles. The zero-order valence-electron chi connectivity index (χ0n) is 19.9. The highest BCUT2D eigenvalue weighted by Crippen LogP contribution is 2.29. The van der Waals surface area contributed by atoms with Gasteiger partial charge in [-0.2, -0.15) is 13.8 Å². The summed E-state index contributed by atoms with van der Waals surface area (Å²) in [4.78, 5) is 18.2. The minimum Gasteiger partial charge on any atom is -0.379 e. The molecule has 2 saturated heterocycles. The number of amides is 1. The van der Waals surface area contributed by atoms with E-state index in [-0.39, 0.29) is 24.0 Å². The maximum atomic E-state index is 13.3. The summed E-state index contributed by atoms with van der Waals surface area (Å²) in [6, 6.07) is 0.104. The third-order valence-corrected chi connectivity index (χ3v) is 6.70. The number of carbonyl (C=O) groups is 1. The fourth-order valence-corrected chi connectivity index (χ4v) is 4.68. The lowest BCUT2D eigenvalue weighted by Crippen LogP contribution is -2.36. The third kappa shape index (κ3) is 6.41. The number of halogens is 2. The molecule has 2 atom stereocenters. The molecule has 0 spiro atoms. The normalized spacial score (nSPS) is 24.2. The van der Waals surface area contributed by atoms with Gasteiger partial charge in [-0.25, -0.2) is 0 Å². The van der Waals surface area contributed by atoms with E-state index in [1.807, 2.05) is 24.0 Å². The van der Waals surface area contributed by atoms with Crippen LogP contribution in [0.3, 0.4) is 0 Å². The zero-order chi connectivity index (χ0) is 24.1. The molecule has 188 valence electrons. The van der Waals surface area contributed by atoms with Gasteiger partial charge in [0, 0.05) is 38.8 Å². The molecule has 0 saturated carbocycles. The van der Waals surface area contributed by atoms with Crippen LogP contribution in [-0.4, -0.2) is 61.1 Å². The summed E-state index contributed by atoms with van der Waals surface area (Å²) in [6.07, 6.45) is 9.51. The van der Waals surface area contributed by atoms with Gasteiger partial charge in [0.2, 0.25) is 0 Å². The first kappa shape index (κ1) is 24.8. The van der Waals surface area contributed by atoms with Crippen LogP contribution in [0.15, 0.2) is 27.8 Å². The molecule has 0 bridgehead atoms. The fraction of sp³-hybridized carbons (Fsp3) is 0.708. The van der Waals surface area contributed by atoms with Gasteiger partial charge in [0.05, 0.1) is 18.8 Å². The topological polar surface area (TPSA) is 89.7 Å². The van der Waals surface area contributed by atoms with Gasteiger partial charge in [-0.05, 0) is 62.1 Å². The molecule has 2 aliphatic heterocycles. The first-order valence-corrected chi connectivity index (χ1v) is 12.2. The van der Waals surface area contributed by atoms with Crippen LogP contribution in [-0.2, 0) is 20.2 Å². The second kappa shape index (κ2) is 10.9. The maximum absolute atomic E-state index is 13.3. The lowest BCUT2D eigenvalue weighted by molar-refractivity contribution is -0.118. The van der Waals surface area contributed by atoms with Crippen molar-refractivity contribution in [1.82, 2.24) is 15.5 Å². The number of hydrogen-bond donors (Lipinski definition) is 1. The average Bonchev–Trinajstić information content (AvgIpc) is 3.49. The van der Waals surface area contributed by atoms with Crippen LogP contribution in [0, 0.1) is 5.92 Å². The molecular weight excluding hydrogens is 446 g/mol. The van der Waals surface area contributed by atoms with Crippen LogP contribution in [0.5, 0.6) is 0 Å². The summed E-state index contributed by atoms with van der Waals surface area (Å²) >= 11 is 0. The van der Waals surface area contributed by atoms with E-state index in [0.29, 0.717) is 32.2 Å². The van der Waals surface area contributed by atoms with Crippen molar-refractivity contribution in [2.45, 2.75) is 70.4 Å². The number of anilines is 1. The second-order valence-corrected chi connectivity index (χ2v) is 9.51. The van der Waals surface area contributed by atoms with Gasteiger partial charge in [0.1, 0.15) is 0 Å². The highest BCUT2D eigenvalue weighted by molar-refractivity contribution is 5.98.